The van der Waals surface area contributed by atoms with Crippen molar-refractivity contribution in [2.75, 3.05) is 13.7 Å². The molecule has 4 rings (SSSR count). The zero-order valence-electron chi connectivity index (χ0n) is 13.2. The lowest BCUT2D eigenvalue weighted by Crippen LogP contribution is -2.33. The summed E-state index contributed by atoms with van der Waals surface area (Å²) in [6.07, 6.45) is 3.99. The molecule has 1 heterocycles. The molecule has 2 aromatic rings. The molecule has 1 aliphatic carbocycles. The van der Waals surface area contributed by atoms with Gasteiger partial charge in [0.25, 0.3) is 5.91 Å². The molecule has 0 aromatic heterocycles. The highest BCUT2D eigenvalue weighted by Gasteiger charge is 2.30. The van der Waals surface area contributed by atoms with Gasteiger partial charge in [-0.05, 0) is 36.1 Å². The highest BCUT2D eigenvalue weighted by atomic mass is 16.5. The largest absolute Gasteiger partial charge is 0.488 e. The Kier molecular flexibility index (Phi) is 3.41. The molecule has 23 heavy (non-hydrogen) atoms. The van der Waals surface area contributed by atoms with Gasteiger partial charge in [0.2, 0.25) is 0 Å². The van der Waals surface area contributed by atoms with Crippen LogP contribution in [0.5, 0.6) is 5.75 Å². The number of likely N-dealkylation sites (N-methyl/N-ethyl adjacent to an activating group) is 1. The van der Waals surface area contributed by atoms with Gasteiger partial charge < -0.3 is 9.64 Å². The molecule has 2 aliphatic rings. The first-order valence-corrected chi connectivity index (χ1v) is 8.01. The van der Waals surface area contributed by atoms with Crippen molar-refractivity contribution >= 4 is 12.0 Å². The lowest BCUT2D eigenvalue weighted by Gasteiger charge is -2.28. The molecule has 0 saturated heterocycles. The van der Waals surface area contributed by atoms with E-state index in [0.29, 0.717) is 6.61 Å². The molecule has 2 aromatic carbocycles. The second-order valence-electron chi connectivity index (χ2n) is 6.17. The first-order valence-electron chi connectivity index (χ1n) is 8.01. The Morgan fingerprint density at radius 3 is 2.83 bits per heavy atom. The average molecular weight is 305 g/mol. The first kappa shape index (κ1) is 14.1. The number of aryl methyl sites for hydroxylation is 1. The second-order valence-corrected chi connectivity index (χ2v) is 6.17. The minimum absolute atomic E-state index is 0.0567. The minimum Gasteiger partial charge on any atom is -0.488 e. The van der Waals surface area contributed by atoms with Crippen LogP contribution in [0.3, 0.4) is 0 Å². The summed E-state index contributed by atoms with van der Waals surface area (Å²) >= 11 is 0. The molecule has 0 N–H and O–H groups in total. The topological polar surface area (TPSA) is 29.5 Å². The van der Waals surface area contributed by atoms with E-state index in [9.17, 15) is 4.79 Å². The fourth-order valence-corrected chi connectivity index (χ4v) is 3.54. The molecule has 1 unspecified atom stereocenters. The molecule has 1 amide bonds. The van der Waals surface area contributed by atoms with E-state index in [1.807, 2.05) is 42.3 Å². The number of carbonyl (C=O) groups excluding carboxylic acids is 1. The molecular formula is C20H19NO2. The third kappa shape index (κ3) is 2.42. The van der Waals surface area contributed by atoms with Gasteiger partial charge in [0, 0.05) is 12.6 Å². The zero-order valence-corrected chi connectivity index (χ0v) is 13.2. The lowest BCUT2D eigenvalue weighted by atomic mass is 10.0. The van der Waals surface area contributed by atoms with Gasteiger partial charge in [0.15, 0.2) is 0 Å². The molecule has 1 aliphatic heterocycles. The average Bonchev–Trinajstić information content (AvgIpc) is 3.04. The van der Waals surface area contributed by atoms with E-state index >= 15 is 0 Å². The van der Waals surface area contributed by atoms with Crippen LogP contribution in [0.1, 0.15) is 29.2 Å². The van der Waals surface area contributed by atoms with Crippen LogP contribution in [0, 0.1) is 0 Å². The van der Waals surface area contributed by atoms with Crippen LogP contribution in [0.15, 0.2) is 54.1 Å². The van der Waals surface area contributed by atoms with Crippen molar-refractivity contribution in [1.29, 1.82) is 0 Å². The van der Waals surface area contributed by atoms with Crippen LogP contribution < -0.4 is 4.74 Å². The number of para-hydroxylation sites is 1. The summed E-state index contributed by atoms with van der Waals surface area (Å²) < 4.78 is 5.72. The number of hydrogen-bond donors (Lipinski definition) is 0. The van der Waals surface area contributed by atoms with Gasteiger partial charge >= 0.3 is 0 Å². The third-order valence-corrected chi connectivity index (χ3v) is 4.80. The van der Waals surface area contributed by atoms with Crippen LogP contribution in [-0.4, -0.2) is 24.5 Å². The van der Waals surface area contributed by atoms with Crippen molar-refractivity contribution < 1.29 is 9.53 Å². The van der Waals surface area contributed by atoms with Gasteiger partial charge in [-0.1, -0.05) is 42.5 Å². The third-order valence-electron chi connectivity index (χ3n) is 4.80. The molecule has 1 atom stereocenters. The molecule has 116 valence electrons. The van der Waals surface area contributed by atoms with E-state index in [2.05, 4.69) is 24.3 Å². The number of nitrogens with zero attached hydrogens (tertiary/aromatic N) is 1. The first-order chi connectivity index (χ1) is 11.2. The predicted molar refractivity (Wildman–Crippen MR) is 90.2 cm³/mol. The van der Waals surface area contributed by atoms with Crippen LogP contribution in [0.4, 0.5) is 0 Å². The molecule has 0 fully saturated rings. The smallest absolute Gasteiger partial charge is 0.253 e. The lowest BCUT2D eigenvalue weighted by molar-refractivity contribution is -0.128. The number of carbonyl (C=O) groups is 1. The van der Waals surface area contributed by atoms with Gasteiger partial charge in [-0.25, -0.2) is 0 Å². The number of fused-ring (bicyclic) bond motifs is 2. The van der Waals surface area contributed by atoms with E-state index in [1.165, 1.54) is 11.1 Å². The normalized spacial score (nSPS) is 18.5. The number of rotatable bonds is 2. The highest BCUT2D eigenvalue weighted by Crippen LogP contribution is 2.36. The van der Waals surface area contributed by atoms with E-state index < -0.39 is 0 Å². The summed E-state index contributed by atoms with van der Waals surface area (Å²) in [5, 5.41) is 0. The molecule has 0 spiro atoms. The van der Waals surface area contributed by atoms with Crippen molar-refractivity contribution in [3.8, 4) is 5.75 Å². The van der Waals surface area contributed by atoms with Crippen LogP contribution >= 0.6 is 0 Å². The van der Waals surface area contributed by atoms with Gasteiger partial charge in [-0.15, -0.1) is 0 Å². The molecule has 3 nitrogen and oxygen atoms in total. The molecule has 0 radical (unpaired) electrons. The highest BCUT2D eigenvalue weighted by molar-refractivity contribution is 5.99. The van der Waals surface area contributed by atoms with Crippen molar-refractivity contribution in [3.63, 3.8) is 0 Å². The Bertz CT molecular complexity index is 794. The molecule has 3 heteroatoms. The Morgan fingerprint density at radius 1 is 1.13 bits per heavy atom. The van der Waals surface area contributed by atoms with Gasteiger partial charge in [0.1, 0.15) is 12.4 Å². The maximum Gasteiger partial charge on any atom is 0.253 e. The van der Waals surface area contributed by atoms with Crippen molar-refractivity contribution in [1.82, 2.24) is 4.90 Å². The SMILES string of the molecule is CN(C(=O)C1=Cc2ccccc2OC1)C1CCc2ccccc21. The summed E-state index contributed by atoms with van der Waals surface area (Å²) in [6, 6.07) is 16.4. The van der Waals surface area contributed by atoms with E-state index in [-0.39, 0.29) is 11.9 Å². The Hall–Kier alpha value is -2.55. The fraction of sp³-hybridized carbons (Fsp3) is 0.250. The van der Waals surface area contributed by atoms with E-state index in [1.54, 1.807) is 0 Å². The van der Waals surface area contributed by atoms with Gasteiger partial charge in [0.05, 0.1) is 11.6 Å². The number of hydrogen-bond acceptors (Lipinski definition) is 2. The van der Waals surface area contributed by atoms with Gasteiger partial charge in [-0.3, -0.25) is 4.79 Å². The Morgan fingerprint density at radius 2 is 1.91 bits per heavy atom. The van der Waals surface area contributed by atoms with Crippen LogP contribution in [-0.2, 0) is 11.2 Å². The Labute approximate surface area is 136 Å². The van der Waals surface area contributed by atoms with Crippen LogP contribution in [0.25, 0.3) is 6.08 Å². The van der Waals surface area contributed by atoms with Crippen molar-refractivity contribution in [2.24, 2.45) is 0 Å². The molecule has 0 saturated carbocycles. The summed E-state index contributed by atoms with van der Waals surface area (Å²) in [7, 11) is 1.90. The van der Waals surface area contributed by atoms with E-state index in [0.717, 1.165) is 29.7 Å². The zero-order chi connectivity index (χ0) is 15.8. The van der Waals surface area contributed by atoms with Crippen LogP contribution in [0.2, 0.25) is 0 Å². The second kappa shape index (κ2) is 5.58. The molecular weight excluding hydrogens is 286 g/mol. The van der Waals surface area contributed by atoms with Crippen molar-refractivity contribution in [3.05, 3.63) is 70.8 Å². The van der Waals surface area contributed by atoms with Crippen molar-refractivity contribution in [2.45, 2.75) is 18.9 Å². The molecule has 0 bridgehead atoms. The maximum atomic E-state index is 12.9. The minimum atomic E-state index is 0.0567. The summed E-state index contributed by atoms with van der Waals surface area (Å²) in [5.74, 6) is 0.902. The summed E-state index contributed by atoms with van der Waals surface area (Å²) in [4.78, 5) is 14.8. The number of amides is 1. The van der Waals surface area contributed by atoms with E-state index in [4.69, 9.17) is 4.74 Å². The summed E-state index contributed by atoms with van der Waals surface area (Å²) in [5.41, 5.74) is 4.33. The monoisotopic (exact) mass is 305 g/mol. The number of benzene rings is 2. The quantitative estimate of drug-likeness (QED) is 0.848. The maximum absolute atomic E-state index is 12.9. The standard InChI is InChI=1S/C20H19NO2/c1-21(18-11-10-14-6-2-4-8-17(14)18)20(22)16-12-15-7-3-5-9-19(15)23-13-16/h2-9,12,18H,10-11,13H2,1H3. The van der Waals surface area contributed by atoms with Gasteiger partial charge in [-0.2, -0.15) is 0 Å². The number of ether oxygens (including phenoxy) is 1. The predicted octanol–water partition coefficient (Wildman–Crippen LogP) is 3.61. The fourth-order valence-electron chi connectivity index (χ4n) is 3.54. The Balaban J connectivity index is 1.60. The summed E-state index contributed by atoms with van der Waals surface area (Å²) in [6.45, 7) is 0.342.